The summed E-state index contributed by atoms with van der Waals surface area (Å²) in [6, 6.07) is 6.94. The smallest absolute Gasteiger partial charge is 0.407 e. The van der Waals surface area contributed by atoms with E-state index in [1.807, 2.05) is 44.2 Å². The molecule has 0 saturated carbocycles. The summed E-state index contributed by atoms with van der Waals surface area (Å²) in [5, 5.41) is 25.3. The van der Waals surface area contributed by atoms with E-state index in [9.17, 15) is 24.6 Å². The number of benzene rings is 1. The quantitative estimate of drug-likeness (QED) is 0.433. The monoisotopic (exact) mass is 451 g/mol. The number of nitrogens with one attached hydrogen (secondary N) is 2. The Bertz CT molecular complexity index is 748. The first-order valence-corrected chi connectivity index (χ1v) is 10.7. The van der Waals surface area contributed by atoms with E-state index in [2.05, 4.69) is 10.6 Å². The van der Waals surface area contributed by atoms with Gasteiger partial charge in [-0.2, -0.15) is 0 Å². The standard InChI is InChI=1S/C23H37N3O6/c1-15(2)12-18(20(28)29)24-21(30)26(6)14-19(27)17(13-16-10-8-7-9-11-16)25-22(31)32-23(3,4)5/h7-11,15,17-19,27H,12-14H2,1-6H3,(H,24,30)(H,25,31)(H,28,29)/t17-,18-,19-/m0/s1. The topological polar surface area (TPSA) is 128 Å². The highest BCUT2D eigenvalue weighted by Gasteiger charge is 2.28. The summed E-state index contributed by atoms with van der Waals surface area (Å²) >= 11 is 0. The predicted octanol–water partition coefficient (Wildman–Crippen LogP) is 2.62. The van der Waals surface area contributed by atoms with E-state index in [-0.39, 0.29) is 18.9 Å². The molecule has 0 fully saturated rings. The van der Waals surface area contributed by atoms with E-state index in [1.165, 1.54) is 11.9 Å². The van der Waals surface area contributed by atoms with Crippen molar-refractivity contribution in [2.75, 3.05) is 13.6 Å². The van der Waals surface area contributed by atoms with Gasteiger partial charge in [-0.1, -0.05) is 44.2 Å². The molecule has 0 heterocycles. The number of aliphatic hydroxyl groups is 1. The summed E-state index contributed by atoms with van der Waals surface area (Å²) in [7, 11) is 1.46. The Hall–Kier alpha value is -2.81. The minimum absolute atomic E-state index is 0.0839. The number of alkyl carbamates (subject to hydrolysis) is 1. The molecule has 3 amide bonds. The Kier molecular flexibility index (Phi) is 10.5. The molecule has 9 nitrogen and oxygen atoms in total. The lowest BCUT2D eigenvalue weighted by Gasteiger charge is -2.30. The zero-order valence-electron chi connectivity index (χ0n) is 19.8. The van der Waals surface area contributed by atoms with Gasteiger partial charge < -0.3 is 30.5 Å². The van der Waals surface area contributed by atoms with Gasteiger partial charge in [0.05, 0.1) is 18.7 Å². The van der Waals surface area contributed by atoms with E-state index in [0.717, 1.165) is 5.56 Å². The van der Waals surface area contributed by atoms with Crippen molar-refractivity contribution in [3.05, 3.63) is 35.9 Å². The van der Waals surface area contributed by atoms with E-state index < -0.39 is 41.9 Å². The molecule has 0 aliphatic rings. The van der Waals surface area contributed by atoms with Crippen LogP contribution < -0.4 is 10.6 Å². The predicted molar refractivity (Wildman–Crippen MR) is 121 cm³/mol. The number of aliphatic carboxylic acids is 1. The van der Waals surface area contributed by atoms with Crippen LogP contribution in [0, 0.1) is 5.92 Å². The van der Waals surface area contributed by atoms with E-state index in [0.29, 0.717) is 6.42 Å². The molecule has 0 aliphatic carbocycles. The first-order valence-electron chi connectivity index (χ1n) is 10.7. The van der Waals surface area contributed by atoms with Gasteiger partial charge >= 0.3 is 18.1 Å². The van der Waals surface area contributed by atoms with Gasteiger partial charge in [0.15, 0.2) is 0 Å². The fourth-order valence-corrected chi connectivity index (χ4v) is 3.05. The highest BCUT2D eigenvalue weighted by atomic mass is 16.6. The Morgan fingerprint density at radius 3 is 2.19 bits per heavy atom. The van der Waals surface area contributed by atoms with Gasteiger partial charge in [0, 0.05) is 7.05 Å². The molecular formula is C23H37N3O6. The number of carbonyl (C=O) groups excluding carboxylic acids is 2. The number of hydrogen-bond donors (Lipinski definition) is 4. The van der Waals surface area contributed by atoms with Crippen LogP contribution in [0.4, 0.5) is 9.59 Å². The molecule has 0 spiro atoms. The average molecular weight is 452 g/mol. The lowest BCUT2D eigenvalue weighted by Crippen LogP contribution is -2.53. The first-order chi connectivity index (χ1) is 14.8. The number of aliphatic hydroxyl groups excluding tert-OH is 1. The van der Waals surface area contributed by atoms with Gasteiger partial charge in [0.25, 0.3) is 0 Å². The zero-order chi connectivity index (χ0) is 24.5. The number of likely N-dealkylation sites (N-methyl/N-ethyl adjacent to an activating group) is 1. The van der Waals surface area contributed by atoms with Crippen LogP contribution in [0.1, 0.15) is 46.6 Å². The van der Waals surface area contributed by atoms with Crippen molar-refractivity contribution in [1.82, 2.24) is 15.5 Å². The zero-order valence-corrected chi connectivity index (χ0v) is 19.8. The second kappa shape index (κ2) is 12.3. The van der Waals surface area contributed by atoms with Crippen molar-refractivity contribution in [1.29, 1.82) is 0 Å². The van der Waals surface area contributed by atoms with Crippen molar-refractivity contribution in [2.45, 2.75) is 71.2 Å². The van der Waals surface area contributed by atoms with E-state index in [4.69, 9.17) is 4.74 Å². The molecule has 0 unspecified atom stereocenters. The normalized spacial score (nSPS) is 14.2. The molecule has 0 aliphatic heterocycles. The Morgan fingerprint density at radius 2 is 1.69 bits per heavy atom. The van der Waals surface area contributed by atoms with Gasteiger partial charge in [0.2, 0.25) is 0 Å². The summed E-state index contributed by atoms with van der Waals surface area (Å²) in [6.45, 7) is 8.83. The van der Waals surface area contributed by atoms with Crippen LogP contribution in [0.2, 0.25) is 0 Å². The molecule has 32 heavy (non-hydrogen) atoms. The maximum atomic E-state index is 12.5. The molecule has 0 radical (unpaired) electrons. The number of hydrogen-bond acceptors (Lipinski definition) is 5. The highest BCUT2D eigenvalue weighted by molar-refractivity contribution is 5.82. The van der Waals surface area contributed by atoms with Crippen LogP contribution in [0.5, 0.6) is 0 Å². The van der Waals surface area contributed by atoms with Crippen LogP contribution in [-0.4, -0.2) is 70.6 Å². The maximum Gasteiger partial charge on any atom is 0.407 e. The Labute approximate surface area is 190 Å². The third kappa shape index (κ3) is 10.5. The third-order valence-corrected chi connectivity index (χ3v) is 4.58. The average Bonchev–Trinajstić information content (AvgIpc) is 2.65. The fourth-order valence-electron chi connectivity index (χ4n) is 3.05. The van der Waals surface area contributed by atoms with Gasteiger partial charge in [-0.25, -0.2) is 14.4 Å². The number of rotatable bonds is 10. The molecule has 0 bridgehead atoms. The lowest BCUT2D eigenvalue weighted by atomic mass is 10.0. The summed E-state index contributed by atoms with van der Waals surface area (Å²) in [5.74, 6) is -1.03. The summed E-state index contributed by atoms with van der Waals surface area (Å²) < 4.78 is 5.31. The van der Waals surface area contributed by atoms with Crippen molar-refractivity contribution in [3.8, 4) is 0 Å². The van der Waals surface area contributed by atoms with Crippen LogP contribution in [0.25, 0.3) is 0 Å². The molecule has 0 aromatic heterocycles. The van der Waals surface area contributed by atoms with Crippen LogP contribution in [0.15, 0.2) is 30.3 Å². The number of carboxylic acid groups (broad SMARTS) is 1. The molecule has 9 heteroatoms. The third-order valence-electron chi connectivity index (χ3n) is 4.58. The van der Waals surface area contributed by atoms with Gasteiger partial charge in [-0.3, -0.25) is 0 Å². The van der Waals surface area contributed by atoms with Gasteiger partial charge in [-0.15, -0.1) is 0 Å². The number of nitrogens with zero attached hydrogens (tertiary/aromatic N) is 1. The SMILES string of the molecule is CC(C)C[C@H](NC(=O)N(C)C[C@H](O)[C@H](Cc1ccccc1)NC(=O)OC(C)(C)C)C(=O)O. The molecule has 1 aromatic rings. The second-order valence-corrected chi connectivity index (χ2v) is 9.36. The number of carboxylic acids is 1. The largest absolute Gasteiger partial charge is 0.480 e. The minimum atomic E-state index is -1.12. The Morgan fingerprint density at radius 1 is 1.09 bits per heavy atom. The van der Waals surface area contributed by atoms with Crippen molar-refractivity contribution < 1.29 is 29.3 Å². The molecular weight excluding hydrogens is 414 g/mol. The molecule has 3 atom stereocenters. The molecule has 1 aromatic carbocycles. The number of ether oxygens (including phenoxy) is 1. The second-order valence-electron chi connectivity index (χ2n) is 9.36. The molecule has 4 N–H and O–H groups in total. The summed E-state index contributed by atoms with van der Waals surface area (Å²) in [5.41, 5.74) is 0.188. The number of urea groups is 1. The number of amides is 3. The minimum Gasteiger partial charge on any atom is -0.480 e. The van der Waals surface area contributed by atoms with Gasteiger partial charge in [0.1, 0.15) is 11.6 Å². The summed E-state index contributed by atoms with van der Waals surface area (Å²) in [4.78, 5) is 37.4. The summed E-state index contributed by atoms with van der Waals surface area (Å²) in [6.07, 6.45) is -1.19. The number of carbonyl (C=O) groups is 3. The van der Waals surface area contributed by atoms with Crippen molar-refractivity contribution in [2.24, 2.45) is 5.92 Å². The van der Waals surface area contributed by atoms with Crippen molar-refractivity contribution in [3.63, 3.8) is 0 Å². The van der Waals surface area contributed by atoms with E-state index >= 15 is 0 Å². The first kappa shape index (κ1) is 27.2. The molecule has 0 saturated heterocycles. The fraction of sp³-hybridized carbons (Fsp3) is 0.609. The van der Waals surface area contributed by atoms with E-state index in [1.54, 1.807) is 20.8 Å². The lowest BCUT2D eigenvalue weighted by molar-refractivity contribution is -0.139. The van der Waals surface area contributed by atoms with Crippen LogP contribution in [-0.2, 0) is 16.0 Å². The molecule has 1 rings (SSSR count). The maximum absolute atomic E-state index is 12.5. The van der Waals surface area contributed by atoms with Crippen LogP contribution in [0.3, 0.4) is 0 Å². The van der Waals surface area contributed by atoms with Crippen LogP contribution >= 0.6 is 0 Å². The highest BCUT2D eigenvalue weighted by Crippen LogP contribution is 2.11. The Balaban J connectivity index is 2.86. The molecule has 180 valence electrons. The van der Waals surface area contributed by atoms with Crippen molar-refractivity contribution >= 4 is 18.1 Å². The van der Waals surface area contributed by atoms with Gasteiger partial charge in [-0.05, 0) is 45.1 Å².